The fourth-order valence-electron chi connectivity index (χ4n) is 6.46. The van der Waals surface area contributed by atoms with Crippen LogP contribution in [0.3, 0.4) is 0 Å². The summed E-state index contributed by atoms with van der Waals surface area (Å²) in [6, 6.07) is 0. The Morgan fingerprint density at radius 2 is 1.81 bits per heavy atom. The summed E-state index contributed by atoms with van der Waals surface area (Å²) in [6.07, 6.45) is 8.40. The zero-order valence-corrected chi connectivity index (χ0v) is 14.4. The SMILES string of the molecule is CCNCc1nnc(C23CC4CC(C)(CC(C)(C4)C2)C3)s1. The highest BCUT2D eigenvalue weighted by molar-refractivity contribution is 7.11. The summed E-state index contributed by atoms with van der Waals surface area (Å²) in [7, 11) is 0. The van der Waals surface area contributed by atoms with E-state index in [0.29, 0.717) is 16.2 Å². The molecule has 5 rings (SSSR count). The van der Waals surface area contributed by atoms with Crippen LogP contribution in [-0.4, -0.2) is 16.7 Å². The first-order valence-electron chi connectivity index (χ1n) is 8.48. The lowest BCUT2D eigenvalue weighted by molar-refractivity contribution is -0.110. The second kappa shape index (κ2) is 4.51. The third-order valence-electron chi connectivity index (χ3n) is 6.07. The average Bonchev–Trinajstić information content (AvgIpc) is 2.81. The zero-order chi connectivity index (χ0) is 14.7. The summed E-state index contributed by atoms with van der Waals surface area (Å²) < 4.78 is 0. The molecule has 2 unspecified atom stereocenters. The summed E-state index contributed by atoms with van der Waals surface area (Å²) in [5.74, 6) is 0.928. The van der Waals surface area contributed by atoms with Crippen molar-refractivity contribution in [1.82, 2.24) is 15.5 Å². The molecule has 4 fully saturated rings. The molecular formula is C17H27N3S. The van der Waals surface area contributed by atoms with Crippen LogP contribution in [0.25, 0.3) is 0 Å². The minimum Gasteiger partial charge on any atom is -0.311 e. The van der Waals surface area contributed by atoms with Crippen molar-refractivity contribution >= 4 is 11.3 Å². The monoisotopic (exact) mass is 305 g/mol. The highest BCUT2D eigenvalue weighted by Crippen LogP contribution is 2.69. The summed E-state index contributed by atoms with van der Waals surface area (Å²) in [5.41, 5.74) is 1.47. The van der Waals surface area contributed by atoms with Crippen LogP contribution in [-0.2, 0) is 12.0 Å². The molecule has 4 aliphatic rings. The molecule has 116 valence electrons. The van der Waals surface area contributed by atoms with Gasteiger partial charge < -0.3 is 5.32 Å². The quantitative estimate of drug-likeness (QED) is 0.917. The van der Waals surface area contributed by atoms with Crippen molar-refractivity contribution in [2.24, 2.45) is 16.7 Å². The lowest BCUT2D eigenvalue weighted by atomic mass is 9.40. The van der Waals surface area contributed by atoms with E-state index in [0.717, 1.165) is 24.0 Å². The molecule has 1 aromatic heterocycles. The van der Waals surface area contributed by atoms with Gasteiger partial charge in [-0.3, -0.25) is 0 Å². The molecular weight excluding hydrogens is 278 g/mol. The van der Waals surface area contributed by atoms with Crippen molar-refractivity contribution in [2.45, 2.75) is 71.3 Å². The molecule has 21 heavy (non-hydrogen) atoms. The molecule has 4 saturated carbocycles. The van der Waals surface area contributed by atoms with Gasteiger partial charge in [0.1, 0.15) is 10.0 Å². The van der Waals surface area contributed by atoms with Gasteiger partial charge in [-0.25, -0.2) is 0 Å². The number of hydrogen-bond acceptors (Lipinski definition) is 4. The Kier molecular flexibility index (Phi) is 3.04. The number of nitrogens with one attached hydrogen (secondary N) is 1. The van der Waals surface area contributed by atoms with Crippen LogP contribution in [0.2, 0.25) is 0 Å². The maximum Gasteiger partial charge on any atom is 0.131 e. The Balaban J connectivity index is 1.66. The maximum absolute atomic E-state index is 4.65. The van der Waals surface area contributed by atoms with E-state index < -0.39 is 0 Å². The largest absolute Gasteiger partial charge is 0.311 e. The number of rotatable bonds is 4. The number of hydrogen-bond donors (Lipinski definition) is 1. The van der Waals surface area contributed by atoms with E-state index in [1.807, 2.05) is 11.3 Å². The molecule has 0 radical (unpaired) electrons. The second-order valence-electron chi connectivity index (χ2n) is 8.69. The van der Waals surface area contributed by atoms with Gasteiger partial charge in [0.2, 0.25) is 0 Å². The fraction of sp³-hybridized carbons (Fsp3) is 0.882. The maximum atomic E-state index is 4.65. The van der Waals surface area contributed by atoms with Gasteiger partial charge in [0.15, 0.2) is 0 Å². The number of nitrogens with zero attached hydrogens (tertiary/aromatic N) is 2. The van der Waals surface area contributed by atoms with Gasteiger partial charge in [0, 0.05) is 12.0 Å². The first kappa shape index (κ1) is 14.1. The molecule has 0 aromatic carbocycles. The fourth-order valence-corrected chi connectivity index (χ4v) is 7.46. The first-order chi connectivity index (χ1) is 9.94. The molecule has 4 aliphatic carbocycles. The van der Waals surface area contributed by atoms with E-state index in [1.165, 1.54) is 43.5 Å². The van der Waals surface area contributed by atoms with Crippen molar-refractivity contribution < 1.29 is 0 Å². The topological polar surface area (TPSA) is 37.8 Å². The second-order valence-corrected chi connectivity index (χ2v) is 9.75. The van der Waals surface area contributed by atoms with Crippen molar-refractivity contribution in [3.63, 3.8) is 0 Å². The van der Waals surface area contributed by atoms with Gasteiger partial charge in [-0.05, 0) is 61.8 Å². The molecule has 4 bridgehead atoms. The van der Waals surface area contributed by atoms with Crippen molar-refractivity contribution in [2.75, 3.05) is 6.54 Å². The Bertz CT molecular complexity index is 534. The standard InChI is InChI=1S/C17H27N3S/c1-4-18-8-13-19-20-14(21-13)17-7-12-5-15(2,10-17)9-16(3,6-12)11-17/h12,18H,4-11H2,1-3H3. The summed E-state index contributed by atoms with van der Waals surface area (Å²) >= 11 is 1.87. The van der Waals surface area contributed by atoms with Gasteiger partial charge in [-0.1, -0.05) is 32.1 Å². The third-order valence-corrected chi connectivity index (χ3v) is 7.24. The van der Waals surface area contributed by atoms with Crippen molar-refractivity contribution in [1.29, 1.82) is 0 Å². The first-order valence-corrected chi connectivity index (χ1v) is 9.30. The molecule has 4 heteroatoms. The molecule has 3 nitrogen and oxygen atoms in total. The van der Waals surface area contributed by atoms with E-state index >= 15 is 0 Å². The van der Waals surface area contributed by atoms with E-state index in [4.69, 9.17) is 0 Å². The van der Waals surface area contributed by atoms with Crippen LogP contribution in [0, 0.1) is 16.7 Å². The highest BCUT2D eigenvalue weighted by atomic mass is 32.1. The lowest BCUT2D eigenvalue weighted by Gasteiger charge is -2.64. The van der Waals surface area contributed by atoms with Crippen LogP contribution >= 0.6 is 11.3 Å². The molecule has 0 spiro atoms. The molecule has 1 N–H and O–H groups in total. The van der Waals surface area contributed by atoms with Gasteiger partial charge >= 0.3 is 0 Å². The van der Waals surface area contributed by atoms with Gasteiger partial charge in [-0.2, -0.15) is 0 Å². The summed E-state index contributed by atoms with van der Waals surface area (Å²) in [5, 5.41) is 15.0. The predicted octanol–water partition coefficient (Wildman–Crippen LogP) is 3.90. The number of aromatic nitrogens is 2. The minimum absolute atomic E-state index is 0.352. The predicted molar refractivity (Wildman–Crippen MR) is 86.4 cm³/mol. The lowest BCUT2D eigenvalue weighted by Crippen LogP contribution is -2.56. The minimum atomic E-state index is 0.352. The van der Waals surface area contributed by atoms with Crippen molar-refractivity contribution in [3.8, 4) is 0 Å². The van der Waals surface area contributed by atoms with Crippen LogP contribution in [0.15, 0.2) is 0 Å². The Morgan fingerprint density at radius 3 is 2.43 bits per heavy atom. The van der Waals surface area contributed by atoms with Crippen LogP contribution in [0.5, 0.6) is 0 Å². The summed E-state index contributed by atoms with van der Waals surface area (Å²) in [4.78, 5) is 0. The third kappa shape index (κ3) is 2.26. The van der Waals surface area contributed by atoms with Gasteiger partial charge in [-0.15, -0.1) is 10.2 Å². The summed E-state index contributed by atoms with van der Waals surface area (Å²) in [6.45, 7) is 9.08. The van der Waals surface area contributed by atoms with Crippen molar-refractivity contribution in [3.05, 3.63) is 10.0 Å². The molecule has 1 heterocycles. The van der Waals surface area contributed by atoms with Gasteiger partial charge in [0.05, 0.1) is 0 Å². The molecule has 0 saturated heterocycles. The van der Waals surface area contributed by atoms with E-state index in [1.54, 1.807) is 0 Å². The van der Waals surface area contributed by atoms with E-state index in [2.05, 4.69) is 36.3 Å². The zero-order valence-electron chi connectivity index (χ0n) is 13.5. The molecule has 0 aliphatic heterocycles. The smallest absolute Gasteiger partial charge is 0.131 e. The molecule has 2 atom stereocenters. The molecule has 1 aromatic rings. The van der Waals surface area contributed by atoms with Gasteiger partial charge in [0.25, 0.3) is 0 Å². The Hall–Kier alpha value is -0.480. The van der Waals surface area contributed by atoms with Crippen LogP contribution in [0.4, 0.5) is 0 Å². The van der Waals surface area contributed by atoms with Crippen LogP contribution in [0.1, 0.15) is 69.3 Å². The van der Waals surface area contributed by atoms with E-state index in [-0.39, 0.29) is 0 Å². The Labute approximate surface area is 131 Å². The Morgan fingerprint density at radius 1 is 1.10 bits per heavy atom. The van der Waals surface area contributed by atoms with E-state index in [9.17, 15) is 0 Å². The highest BCUT2D eigenvalue weighted by Gasteiger charge is 2.61. The molecule has 0 amide bonds. The van der Waals surface area contributed by atoms with Crippen LogP contribution < -0.4 is 5.32 Å². The average molecular weight is 305 g/mol. The normalized spacial score (nSPS) is 44.4.